The summed E-state index contributed by atoms with van der Waals surface area (Å²) < 4.78 is 1.95. The first kappa shape index (κ1) is 16.1. The van der Waals surface area contributed by atoms with Gasteiger partial charge in [-0.1, -0.05) is 12.2 Å². The summed E-state index contributed by atoms with van der Waals surface area (Å²) >= 11 is 0. The van der Waals surface area contributed by atoms with Gasteiger partial charge in [0.2, 0.25) is 0 Å². The molecule has 0 spiro atoms. The molecule has 1 N–H and O–H groups in total. The molecular formula is C17H28N6. The molecule has 1 aromatic rings. The molecule has 0 amide bonds. The highest BCUT2D eigenvalue weighted by atomic mass is 15.3. The van der Waals surface area contributed by atoms with E-state index < -0.39 is 0 Å². The second-order valence-electron chi connectivity index (χ2n) is 6.49. The Bertz CT molecular complexity index is 607. The van der Waals surface area contributed by atoms with Crippen LogP contribution >= 0.6 is 0 Å². The quantitative estimate of drug-likeness (QED) is 0.515. The highest BCUT2D eigenvalue weighted by Crippen LogP contribution is 2.18. The lowest BCUT2D eigenvalue weighted by atomic mass is 10.2. The molecule has 1 aromatic heterocycles. The average Bonchev–Trinajstić information content (AvgIpc) is 3.24. The van der Waals surface area contributed by atoms with Crippen LogP contribution in [0.5, 0.6) is 0 Å². The Hall–Kier alpha value is -1.82. The van der Waals surface area contributed by atoms with Crippen LogP contribution in [-0.2, 0) is 13.6 Å². The Kier molecular flexibility index (Phi) is 4.71. The van der Waals surface area contributed by atoms with E-state index in [1.807, 2.05) is 18.8 Å². The Balaban J connectivity index is 1.58. The van der Waals surface area contributed by atoms with E-state index in [0.717, 1.165) is 44.4 Å². The first-order valence-corrected chi connectivity index (χ1v) is 8.44. The molecule has 2 aliphatic heterocycles. The van der Waals surface area contributed by atoms with Gasteiger partial charge in [-0.25, -0.2) is 0 Å². The summed E-state index contributed by atoms with van der Waals surface area (Å²) in [6, 6.07) is 0.644. The van der Waals surface area contributed by atoms with E-state index in [0.29, 0.717) is 6.04 Å². The molecule has 126 valence electrons. The zero-order chi connectivity index (χ0) is 16.4. The minimum absolute atomic E-state index is 0.644. The molecule has 3 heterocycles. The molecule has 1 unspecified atom stereocenters. The summed E-state index contributed by atoms with van der Waals surface area (Å²) in [5, 5.41) is 8.01. The second kappa shape index (κ2) is 6.74. The average molecular weight is 316 g/mol. The van der Waals surface area contributed by atoms with Gasteiger partial charge >= 0.3 is 0 Å². The minimum atomic E-state index is 0.644. The zero-order valence-electron chi connectivity index (χ0n) is 14.7. The molecule has 0 saturated carbocycles. The van der Waals surface area contributed by atoms with Crippen molar-refractivity contribution in [3.8, 4) is 0 Å². The highest BCUT2D eigenvalue weighted by Gasteiger charge is 2.29. The van der Waals surface area contributed by atoms with E-state index in [4.69, 9.17) is 0 Å². The summed E-state index contributed by atoms with van der Waals surface area (Å²) in [6.07, 6.45) is 5.75. The van der Waals surface area contributed by atoms with Gasteiger partial charge in [0.15, 0.2) is 5.96 Å². The standard InChI is InChI=1S/C17H28N6/c1-13-16(14(2)21(4)20-13)11-19-17(18-3)23-10-7-15(12-23)22-8-5-6-9-22/h5-6,15H,7-12H2,1-4H3,(H,18,19). The maximum Gasteiger partial charge on any atom is 0.193 e. The molecule has 3 rings (SSSR count). The summed E-state index contributed by atoms with van der Waals surface area (Å²) in [5.74, 6) is 1.00. The maximum atomic E-state index is 4.49. The van der Waals surface area contributed by atoms with Gasteiger partial charge in [-0.2, -0.15) is 5.10 Å². The first-order chi connectivity index (χ1) is 11.1. The van der Waals surface area contributed by atoms with Gasteiger partial charge in [-0.3, -0.25) is 14.6 Å². The number of rotatable bonds is 3. The molecular weight excluding hydrogens is 288 g/mol. The number of hydrogen-bond donors (Lipinski definition) is 1. The van der Waals surface area contributed by atoms with Crippen LogP contribution in [0.15, 0.2) is 17.1 Å². The lowest BCUT2D eigenvalue weighted by molar-refractivity contribution is 0.259. The molecule has 0 aliphatic carbocycles. The van der Waals surface area contributed by atoms with E-state index in [9.17, 15) is 0 Å². The molecule has 0 bridgehead atoms. The van der Waals surface area contributed by atoms with Crippen LogP contribution in [0.25, 0.3) is 0 Å². The van der Waals surface area contributed by atoms with Gasteiger partial charge in [0.05, 0.1) is 5.69 Å². The van der Waals surface area contributed by atoms with Crippen LogP contribution in [0.2, 0.25) is 0 Å². The Labute approximate surface area is 138 Å². The van der Waals surface area contributed by atoms with Crippen molar-refractivity contribution in [1.29, 1.82) is 0 Å². The summed E-state index contributed by atoms with van der Waals surface area (Å²) in [4.78, 5) is 9.41. The SMILES string of the molecule is CN=C(NCc1c(C)nn(C)c1C)N1CCC(N2CC=CC2)C1. The second-order valence-corrected chi connectivity index (χ2v) is 6.49. The van der Waals surface area contributed by atoms with Crippen LogP contribution in [0.3, 0.4) is 0 Å². The van der Waals surface area contributed by atoms with Crippen molar-refractivity contribution in [3.63, 3.8) is 0 Å². The van der Waals surface area contributed by atoms with Crippen LogP contribution < -0.4 is 5.32 Å². The normalized spacial score (nSPS) is 22.3. The monoisotopic (exact) mass is 316 g/mol. The van der Waals surface area contributed by atoms with Crippen molar-refractivity contribution in [2.24, 2.45) is 12.0 Å². The minimum Gasteiger partial charge on any atom is -0.352 e. The van der Waals surface area contributed by atoms with Crippen LogP contribution in [0.4, 0.5) is 0 Å². The molecule has 1 fully saturated rings. The van der Waals surface area contributed by atoms with Gasteiger partial charge in [0.25, 0.3) is 0 Å². The predicted octanol–water partition coefficient (Wildman–Crippen LogP) is 1.06. The van der Waals surface area contributed by atoms with Gasteiger partial charge < -0.3 is 10.2 Å². The van der Waals surface area contributed by atoms with Crippen LogP contribution in [-0.4, -0.2) is 64.8 Å². The lowest BCUT2D eigenvalue weighted by Gasteiger charge is -2.25. The Morgan fingerprint density at radius 2 is 2.09 bits per heavy atom. The zero-order valence-corrected chi connectivity index (χ0v) is 14.7. The van der Waals surface area contributed by atoms with E-state index in [-0.39, 0.29) is 0 Å². The van der Waals surface area contributed by atoms with E-state index >= 15 is 0 Å². The number of hydrogen-bond acceptors (Lipinski definition) is 3. The van der Waals surface area contributed by atoms with Gasteiger partial charge in [-0.15, -0.1) is 0 Å². The number of guanidine groups is 1. The van der Waals surface area contributed by atoms with Crippen molar-refractivity contribution in [3.05, 3.63) is 29.1 Å². The van der Waals surface area contributed by atoms with Crippen LogP contribution in [0.1, 0.15) is 23.4 Å². The largest absolute Gasteiger partial charge is 0.352 e. The predicted molar refractivity (Wildman–Crippen MR) is 93.6 cm³/mol. The highest BCUT2D eigenvalue weighted by molar-refractivity contribution is 5.80. The fourth-order valence-corrected chi connectivity index (χ4v) is 3.60. The van der Waals surface area contributed by atoms with E-state index in [1.54, 1.807) is 0 Å². The molecule has 23 heavy (non-hydrogen) atoms. The number of aryl methyl sites for hydroxylation is 2. The summed E-state index contributed by atoms with van der Waals surface area (Å²) in [6.45, 7) is 9.30. The number of nitrogens with zero attached hydrogens (tertiary/aromatic N) is 5. The van der Waals surface area contributed by atoms with Crippen molar-refractivity contribution < 1.29 is 0 Å². The van der Waals surface area contributed by atoms with Crippen molar-refractivity contribution in [2.75, 3.05) is 33.2 Å². The van der Waals surface area contributed by atoms with Gasteiger partial charge in [0, 0.05) is 64.1 Å². The smallest absolute Gasteiger partial charge is 0.193 e. The number of likely N-dealkylation sites (tertiary alicyclic amines) is 1. The third kappa shape index (κ3) is 3.27. The van der Waals surface area contributed by atoms with E-state index in [1.165, 1.54) is 17.7 Å². The summed E-state index contributed by atoms with van der Waals surface area (Å²) in [5.41, 5.74) is 3.58. The molecule has 1 saturated heterocycles. The van der Waals surface area contributed by atoms with Gasteiger partial charge in [-0.05, 0) is 20.3 Å². The third-order valence-corrected chi connectivity index (χ3v) is 5.12. The Morgan fingerprint density at radius 1 is 1.35 bits per heavy atom. The summed E-state index contributed by atoms with van der Waals surface area (Å²) in [7, 11) is 3.87. The van der Waals surface area contributed by atoms with Crippen LogP contribution in [0, 0.1) is 13.8 Å². The van der Waals surface area contributed by atoms with Crippen molar-refractivity contribution in [2.45, 2.75) is 32.9 Å². The molecule has 6 heteroatoms. The number of aliphatic imine (C=N–C) groups is 1. The number of aromatic nitrogens is 2. The topological polar surface area (TPSA) is 48.7 Å². The fraction of sp³-hybridized carbons (Fsp3) is 0.647. The third-order valence-electron chi connectivity index (χ3n) is 5.12. The molecule has 0 radical (unpaired) electrons. The maximum absolute atomic E-state index is 4.49. The molecule has 1 atom stereocenters. The number of nitrogens with one attached hydrogen (secondary N) is 1. The lowest BCUT2D eigenvalue weighted by Crippen LogP contribution is -2.42. The van der Waals surface area contributed by atoms with Crippen molar-refractivity contribution in [1.82, 2.24) is 24.9 Å². The molecule has 0 aromatic carbocycles. The van der Waals surface area contributed by atoms with E-state index in [2.05, 4.69) is 51.2 Å². The molecule has 6 nitrogen and oxygen atoms in total. The van der Waals surface area contributed by atoms with Crippen molar-refractivity contribution >= 4 is 5.96 Å². The Morgan fingerprint density at radius 3 is 2.70 bits per heavy atom. The molecule has 2 aliphatic rings. The first-order valence-electron chi connectivity index (χ1n) is 8.44. The van der Waals surface area contributed by atoms with Gasteiger partial charge in [0.1, 0.15) is 0 Å². The fourth-order valence-electron chi connectivity index (χ4n) is 3.60.